The zero-order chi connectivity index (χ0) is 13.0. The van der Waals surface area contributed by atoms with Gasteiger partial charge in [0.1, 0.15) is 0 Å². The molecule has 0 aliphatic rings. The highest BCUT2D eigenvalue weighted by molar-refractivity contribution is 6.32. The zero-order valence-electron chi connectivity index (χ0n) is 9.25. The van der Waals surface area contributed by atoms with Gasteiger partial charge in [0.2, 0.25) is 0 Å². The lowest BCUT2D eigenvalue weighted by molar-refractivity contribution is -0.128. The van der Waals surface area contributed by atoms with Crippen LogP contribution in [0.5, 0.6) is 0 Å². The number of allylic oxidation sites excluding steroid dienone is 2. The van der Waals surface area contributed by atoms with Crippen molar-refractivity contribution in [2.45, 2.75) is 13.8 Å². The maximum absolute atomic E-state index is 13.2. The Hall–Kier alpha value is -1.75. The summed E-state index contributed by atoms with van der Waals surface area (Å²) in [6, 6.07) is 1.55. The fourth-order valence-electron chi connectivity index (χ4n) is 1.08. The molecule has 1 heterocycles. The minimum absolute atomic E-state index is 0.0659. The maximum atomic E-state index is 13.2. The first kappa shape index (κ1) is 13.3. The van der Waals surface area contributed by atoms with Crippen LogP contribution in [0.4, 0.5) is 10.1 Å². The van der Waals surface area contributed by atoms with E-state index >= 15 is 0 Å². The summed E-state index contributed by atoms with van der Waals surface area (Å²) in [7, 11) is 0. The summed E-state index contributed by atoms with van der Waals surface area (Å²) in [5.74, 6) is -2.34. The van der Waals surface area contributed by atoms with Crippen molar-refractivity contribution in [3.05, 3.63) is 34.5 Å². The first-order valence-electron chi connectivity index (χ1n) is 4.70. The highest BCUT2D eigenvalue weighted by Crippen LogP contribution is 2.19. The molecule has 1 N–H and O–H groups in total. The predicted octanol–water partition coefficient (Wildman–Crippen LogP) is 2.42. The van der Waals surface area contributed by atoms with E-state index < -0.39 is 11.6 Å². The molecule has 0 spiro atoms. The van der Waals surface area contributed by atoms with Crippen LogP contribution >= 0.6 is 11.6 Å². The van der Waals surface area contributed by atoms with E-state index in [9.17, 15) is 14.0 Å². The molecule has 0 fully saturated rings. The van der Waals surface area contributed by atoms with Crippen molar-refractivity contribution < 1.29 is 14.0 Å². The Morgan fingerprint density at radius 1 is 1.59 bits per heavy atom. The van der Waals surface area contributed by atoms with Gasteiger partial charge in [-0.15, -0.1) is 0 Å². The first-order chi connectivity index (χ1) is 7.95. The molecule has 1 aromatic rings. The number of aldehydes is 1. The number of rotatable bonds is 4. The lowest BCUT2D eigenvalue weighted by Gasteiger charge is -2.07. The van der Waals surface area contributed by atoms with Crippen molar-refractivity contribution in [2.75, 3.05) is 5.32 Å². The molecule has 0 aliphatic carbocycles. The highest BCUT2D eigenvalue weighted by Gasteiger charge is 2.11. The van der Waals surface area contributed by atoms with Crippen molar-refractivity contribution in [3.8, 4) is 0 Å². The Morgan fingerprint density at radius 2 is 2.24 bits per heavy atom. The Kier molecular flexibility index (Phi) is 4.34. The topological polar surface area (TPSA) is 59.1 Å². The van der Waals surface area contributed by atoms with Gasteiger partial charge in [-0.1, -0.05) is 11.6 Å². The molecule has 4 nitrogen and oxygen atoms in total. The molecule has 0 amide bonds. The number of pyridine rings is 1. The van der Waals surface area contributed by atoms with Crippen LogP contribution in [0.2, 0.25) is 5.02 Å². The molecule has 0 bridgehead atoms. The fraction of sp³-hybridized carbons (Fsp3) is 0.182. The molecule has 0 saturated carbocycles. The highest BCUT2D eigenvalue weighted by atomic mass is 35.5. The van der Waals surface area contributed by atoms with E-state index in [1.807, 2.05) is 0 Å². The maximum Gasteiger partial charge on any atom is 0.255 e. The molecule has 0 aliphatic heterocycles. The minimum Gasteiger partial charge on any atom is -0.355 e. The van der Waals surface area contributed by atoms with E-state index in [1.165, 1.54) is 13.1 Å². The molecule has 0 radical (unpaired) electrons. The Morgan fingerprint density at radius 3 is 2.76 bits per heavy atom. The fourth-order valence-corrected chi connectivity index (χ4v) is 1.25. The van der Waals surface area contributed by atoms with Gasteiger partial charge in [-0.25, -0.2) is 4.39 Å². The SMILES string of the molecule is C/C(Nc1cnc(C)c(Cl)c1)=C(/F)C(=O)C=O. The van der Waals surface area contributed by atoms with E-state index in [0.717, 1.165) is 0 Å². The van der Waals surface area contributed by atoms with Crippen LogP contribution in [0.15, 0.2) is 23.8 Å². The third kappa shape index (κ3) is 3.35. The number of nitrogens with one attached hydrogen (secondary N) is 1. The van der Waals surface area contributed by atoms with Gasteiger partial charge in [-0.05, 0) is 19.9 Å². The summed E-state index contributed by atoms with van der Waals surface area (Å²) in [6.45, 7) is 3.07. The van der Waals surface area contributed by atoms with Gasteiger partial charge in [0.15, 0.2) is 12.1 Å². The van der Waals surface area contributed by atoms with E-state index in [-0.39, 0.29) is 12.0 Å². The zero-order valence-corrected chi connectivity index (χ0v) is 10.0. The number of hydrogen-bond acceptors (Lipinski definition) is 4. The molecule has 0 aromatic carbocycles. The normalized spacial score (nSPS) is 11.8. The minimum atomic E-state index is -1.21. The van der Waals surface area contributed by atoms with Gasteiger partial charge < -0.3 is 5.32 Å². The van der Waals surface area contributed by atoms with Crippen LogP contribution in [-0.2, 0) is 9.59 Å². The standard InChI is InChI=1S/C11H10ClFN2O2/c1-6-9(12)3-8(4-14-6)15-7(2)11(13)10(17)5-16/h3-5,15H,1-2H3/b11-7-. The van der Waals surface area contributed by atoms with Crippen molar-refractivity contribution in [1.82, 2.24) is 4.98 Å². The van der Waals surface area contributed by atoms with Gasteiger partial charge in [-0.3, -0.25) is 14.6 Å². The average molecular weight is 257 g/mol. The first-order valence-corrected chi connectivity index (χ1v) is 5.08. The molecule has 90 valence electrons. The summed E-state index contributed by atoms with van der Waals surface area (Å²) in [5.41, 5.74) is 1.01. The van der Waals surface area contributed by atoms with Gasteiger partial charge >= 0.3 is 0 Å². The van der Waals surface area contributed by atoms with Gasteiger partial charge in [-0.2, -0.15) is 0 Å². The van der Waals surface area contributed by atoms with Crippen LogP contribution in [0, 0.1) is 6.92 Å². The number of hydrogen-bond donors (Lipinski definition) is 1. The third-order valence-corrected chi connectivity index (χ3v) is 2.39. The van der Waals surface area contributed by atoms with Gasteiger partial charge in [0.05, 0.1) is 28.3 Å². The molecule has 1 aromatic heterocycles. The van der Waals surface area contributed by atoms with E-state index in [1.54, 1.807) is 13.0 Å². The second-order valence-corrected chi connectivity index (χ2v) is 3.74. The number of halogens is 2. The third-order valence-electron chi connectivity index (χ3n) is 2.01. The quantitative estimate of drug-likeness (QED) is 0.511. The second-order valence-electron chi connectivity index (χ2n) is 3.34. The molecular formula is C11H10ClFN2O2. The second kappa shape index (κ2) is 5.54. The molecule has 1 rings (SSSR count). The van der Waals surface area contributed by atoms with Crippen LogP contribution in [-0.4, -0.2) is 17.1 Å². The lowest BCUT2D eigenvalue weighted by atomic mass is 10.3. The number of nitrogens with zero attached hydrogens (tertiary/aromatic N) is 1. The molecular weight excluding hydrogens is 247 g/mol. The van der Waals surface area contributed by atoms with Crippen LogP contribution in [0.1, 0.15) is 12.6 Å². The van der Waals surface area contributed by atoms with E-state index in [4.69, 9.17) is 11.6 Å². The van der Waals surface area contributed by atoms with Gasteiger partial charge in [0, 0.05) is 0 Å². The summed E-state index contributed by atoms with van der Waals surface area (Å²) in [6.07, 6.45) is 1.37. The summed E-state index contributed by atoms with van der Waals surface area (Å²) in [4.78, 5) is 24.9. The monoisotopic (exact) mass is 256 g/mol. The van der Waals surface area contributed by atoms with Crippen LogP contribution in [0.3, 0.4) is 0 Å². The Bertz CT molecular complexity index is 500. The van der Waals surface area contributed by atoms with E-state index in [0.29, 0.717) is 16.4 Å². The smallest absolute Gasteiger partial charge is 0.255 e. The average Bonchev–Trinajstić information content (AvgIpc) is 2.31. The van der Waals surface area contributed by atoms with Crippen molar-refractivity contribution >= 4 is 29.4 Å². The van der Waals surface area contributed by atoms with Crippen molar-refractivity contribution in [1.29, 1.82) is 0 Å². The number of Topliss-reactive ketones (excluding diaryl/α,β-unsaturated/α-hetero) is 1. The molecule has 0 unspecified atom stereocenters. The Labute approximate surface area is 102 Å². The molecule has 6 heteroatoms. The Balaban J connectivity index is 2.94. The number of anilines is 1. The number of aromatic nitrogens is 1. The summed E-state index contributed by atoms with van der Waals surface area (Å²) >= 11 is 5.83. The largest absolute Gasteiger partial charge is 0.355 e. The van der Waals surface area contributed by atoms with Crippen LogP contribution in [0.25, 0.3) is 0 Å². The predicted molar refractivity (Wildman–Crippen MR) is 62.5 cm³/mol. The number of carbonyl (C=O) groups is 2. The number of carbonyl (C=O) groups excluding carboxylic acids is 2. The lowest BCUT2D eigenvalue weighted by Crippen LogP contribution is -2.07. The van der Waals surface area contributed by atoms with Gasteiger partial charge in [0.25, 0.3) is 5.78 Å². The molecule has 17 heavy (non-hydrogen) atoms. The molecule has 0 saturated heterocycles. The van der Waals surface area contributed by atoms with E-state index in [2.05, 4.69) is 10.3 Å². The van der Waals surface area contributed by atoms with Crippen molar-refractivity contribution in [2.24, 2.45) is 0 Å². The summed E-state index contributed by atoms with van der Waals surface area (Å²) in [5, 5.41) is 3.02. The molecule has 0 atom stereocenters. The van der Waals surface area contributed by atoms with Crippen molar-refractivity contribution in [3.63, 3.8) is 0 Å². The summed E-state index contributed by atoms with van der Waals surface area (Å²) < 4.78 is 13.2. The number of aryl methyl sites for hydroxylation is 1. The number of ketones is 1. The van der Waals surface area contributed by atoms with Crippen LogP contribution < -0.4 is 5.32 Å².